The van der Waals surface area contributed by atoms with Crippen molar-refractivity contribution in [3.63, 3.8) is 0 Å². The van der Waals surface area contributed by atoms with E-state index in [0.717, 1.165) is 24.1 Å². The summed E-state index contributed by atoms with van der Waals surface area (Å²) in [6.07, 6.45) is 0.780. The van der Waals surface area contributed by atoms with Gasteiger partial charge in [-0.15, -0.1) is 0 Å². The summed E-state index contributed by atoms with van der Waals surface area (Å²) in [6, 6.07) is 19.2. The molecule has 1 aromatic heterocycles. The lowest BCUT2D eigenvalue weighted by molar-refractivity contribution is -0.146. The van der Waals surface area contributed by atoms with E-state index >= 15 is 0 Å². The van der Waals surface area contributed by atoms with Crippen LogP contribution in [-0.4, -0.2) is 59.6 Å². The summed E-state index contributed by atoms with van der Waals surface area (Å²) >= 11 is 0. The minimum atomic E-state index is -0.255. The fraction of sp³-hybridized carbons (Fsp3) is 0.320. The molecular formula is C25H27N3O4. The molecule has 0 bridgehead atoms. The van der Waals surface area contributed by atoms with Gasteiger partial charge in [-0.2, -0.15) is 0 Å². The van der Waals surface area contributed by atoms with Crippen LogP contribution in [0.3, 0.4) is 0 Å². The minimum absolute atomic E-state index is 0.0869. The molecule has 0 atom stereocenters. The Morgan fingerprint density at radius 2 is 1.69 bits per heavy atom. The van der Waals surface area contributed by atoms with Crippen LogP contribution in [0.4, 0.5) is 0 Å². The quantitative estimate of drug-likeness (QED) is 0.554. The Hall–Kier alpha value is -3.45. The standard InChI is InChI=1S/C25H27N3O4/c1-19-23(24(26-32-19)21-11-6-3-7-12-21)25(30)28-14-8-13-27(15-16-28)17-22(29)31-18-20-9-4-2-5-10-20/h2-7,9-12H,8,13-18H2,1H3. The first kappa shape index (κ1) is 21.8. The molecule has 7 heteroatoms. The van der Waals surface area contributed by atoms with Crippen molar-refractivity contribution >= 4 is 11.9 Å². The monoisotopic (exact) mass is 433 g/mol. The van der Waals surface area contributed by atoms with Gasteiger partial charge in [0, 0.05) is 31.7 Å². The molecule has 1 fully saturated rings. The van der Waals surface area contributed by atoms with Gasteiger partial charge >= 0.3 is 5.97 Å². The van der Waals surface area contributed by atoms with E-state index in [9.17, 15) is 9.59 Å². The molecule has 1 aliphatic rings. The summed E-state index contributed by atoms with van der Waals surface area (Å²) in [6.45, 7) is 4.75. The fourth-order valence-electron chi connectivity index (χ4n) is 3.87. The second-order valence-electron chi connectivity index (χ2n) is 7.90. The first-order valence-corrected chi connectivity index (χ1v) is 10.8. The normalized spacial score (nSPS) is 14.7. The number of esters is 1. The Labute approximate surface area is 187 Å². The molecular weight excluding hydrogens is 406 g/mol. The van der Waals surface area contributed by atoms with E-state index in [2.05, 4.69) is 5.16 Å². The molecule has 0 radical (unpaired) electrons. The van der Waals surface area contributed by atoms with Crippen LogP contribution in [-0.2, 0) is 16.1 Å². The van der Waals surface area contributed by atoms with Gasteiger partial charge in [0.15, 0.2) is 0 Å². The molecule has 0 saturated carbocycles. The Bertz CT molecular complexity index is 1050. The molecule has 32 heavy (non-hydrogen) atoms. The van der Waals surface area contributed by atoms with Crippen molar-refractivity contribution in [2.75, 3.05) is 32.7 Å². The third-order valence-corrected chi connectivity index (χ3v) is 5.59. The Kier molecular flexibility index (Phi) is 6.97. The van der Waals surface area contributed by atoms with Gasteiger partial charge < -0.3 is 14.2 Å². The Morgan fingerprint density at radius 3 is 2.44 bits per heavy atom. The van der Waals surface area contributed by atoms with E-state index in [0.29, 0.717) is 36.7 Å². The predicted molar refractivity (Wildman–Crippen MR) is 120 cm³/mol. The van der Waals surface area contributed by atoms with Crippen molar-refractivity contribution in [1.29, 1.82) is 0 Å². The zero-order valence-electron chi connectivity index (χ0n) is 18.2. The maximum atomic E-state index is 13.3. The average Bonchev–Trinajstić information content (AvgIpc) is 3.06. The van der Waals surface area contributed by atoms with Crippen LogP contribution >= 0.6 is 0 Å². The summed E-state index contributed by atoms with van der Waals surface area (Å²) in [7, 11) is 0. The summed E-state index contributed by atoms with van der Waals surface area (Å²) in [5.41, 5.74) is 2.89. The lowest BCUT2D eigenvalue weighted by Gasteiger charge is -2.21. The van der Waals surface area contributed by atoms with Gasteiger partial charge in [0.25, 0.3) is 5.91 Å². The molecule has 0 unspecified atom stereocenters. The highest BCUT2D eigenvalue weighted by Gasteiger charge is 2.28. The number of amides is 1. The second kappa shape index (κ2) is 10.2. The molecule has 0 N–H and O–H groups in total. The number of aryl methyl sites for hydroxylation is 1. The highest BCUT2D eigenvalue weighted by molar-refractivity contribution is 6.00. The molecule has 4 rings (SSSR count). The van der Waals surface area contributed by atoms with Crippen LogP contribution in [0.2, 0.25) is 0 Å². The molecule has 0 aliphatic carbocycles. The highest BCUT2D eigenvalue weighted by atomic mass is 16.5. The van der Waals surface area contributed by atoms with Crippen molar-refractivity contribution in [2.24, 2.45) is 0 Å². The summed E-state index contributed by atoms with van der Waals surface area (Å²) in [5.74, 6) is 0.172. The Balaban J connectivity index is 1.35. The molecule has 3 aromatic rings. The Morgan fingerprint density at radius 1 is 0.969 bits per heavy atom. The van der Waals surface area contributed by atoms with Crippen LogP contribution in [0, 0.1) is 6.92 Å². The van der Waals surface area contributed by atoms with Gasteiger partial charge in [-0.1, -0.05) is 65.8 Å². The number of hydrogen-bond acceptors (Lipinski definition) is 6. The lowest BCUT2D eigenvalue weighted by atomic mass is 10.1. The van der Waals surface area contributed by atoms with Gasteiger partial charge in [-0.05, 0) is 18.9 Å². The number of ether oxygens (including phenoxy) is 1. The van der Waals surface area contributed by atoms with E-state index in [1.165, 1.54) is 0 Å². The zero-order chi connectivity index (χ0) is 22.3. The maximum Gasteiger partial charge on any atom is 0.320 e. The third-order valence-electron chi connectivity index (χ3n) is 5.59. The molecule has 1 aliphatic heterocycles. The maximum absolute atomic E-state index is 13.3. The van der Waals surface area contributed by atoms with Gasteiger partial charge in [0.05, 0.1) is 6.54 Å². The van der Waals surface area contributed by atoms with Crippen molar-refractivity contribution < 1.29 is 18.8 Å². The van der Waals surface area contributed by atoms with Gasteiger partial charge in [-0.25, -0.2) is 0 Å². The molecule has 0 spiro atoms. The third kappa shape index (κ3) is 5.23. The SMILES string of the molecule is Cc1onc(-c2ccccc2)c1C(=O)N1CCCN(CC(=O)OCc2ccccc2)CC1. The number of benzene rings is 2. The van der Waals surface area contributed by atoms with Crippen molar-refractivity contribution in [1.82, 2.24) is 15.0 Å². The summed E-state index contributed by atoms with van der Waals surface area (Å²) in [4.78, 5) is 29.5. The molecule has 2 aromatic carbocycles. The lowest BCUT2D eigenvalue weighted by Crippen LogP contribution is -2.37. The number of hydrogen-bond donors (Lipinski definition) is 0. The number of rotatable bonds is 6. The van der Waals surface area contributed by atoms with Crippen molar-refractivity contribution in [3.05, 3.63) is 77.6 Å². The largest absolute Gasteiger partial charge is 0.460 e. The fourth-order valence-corrected chi connectivity index (χ4v) is 3.87. The van der Waals surface area contributed by atoms with Crippen LogP contribution in [0.5, 0.6) is 0 Å². The van der Waals surface area contributed by atoms with Crippen LogP contribution in [0.25, 0.3) is 11.3 Å². The predicted octanol–water partition coefficient (Wildman–Crippen LogP) is 3.54. The second-order valence-corrected chi connectivity index (χ2v) is 7.90. The van der Waals surface area contributed by atoms with E-state index in [4.69, 9.17) is 9.26 Å². The molecule has 2 heterocycles. The van der Waals surface area contributed by atoms with Gasteiger partial charge in [0.1, 0.15) is 23.6 Å². The number of nitrogens with zero attached hydrogens (tertiary/aromatic N) is 3. The highest BCUT2D eigenvalue weighted by Crippen LogP contribution is 2.26. The number of carbonyl (C=O) groups excluding carboxylic acids is 2. The van der Waals surface area contributed by atoms with Crippen LogP contribution in [0.1, 0.15) is 28.1 Å². The van der Waals surface area contributed by atoms with Crippen molar-refractivity contribution in [3.8, 4) is 11.3 Å². The van der Waals surface area contributed by atoms with Crippen LogP contribution < -0.4 is 0 Å². The molecule has 1 saturated heterocycles. The number of carbonyl (C=O) groups is 2. The smallest absolute Gasteiger partial charge is 0.320 e. The zero-order valence-corrected chi connectivity index (χ0v) is 18.2. The van der Waals surface area contributed by atoms with E-state index in [-0.39, 0.29) is 25.0 Å². The van der Waals surface area contributed by atoms with Gasteiger partial charge in [-0.3, -0.25) is 14.5 Å². The summed E-state index contributed by atoms with van der Waals surface area (Å²) < 4.78 is 10.8. The van der Waals surface area contributed by atoms with E-state index in [1.807, 2.05) is 70.5 Å². The number of aromatic nitrogens is 1. The van der Waals surface area contributed by atoms with Gasteiger partial charge in [0.2, 0.25) is 0 Å². The molecule has 166 valence electrons. The topological polar surface area (TPSA) is 75.9 Å². The summed E-state index contributed by atoms with van der Waals surface area (Å²) in [5, 5.41) is 4.13. The molecule has 1 amide bonds. The minimum Gasteiger partial charge on any atom is -0.460 e. The van der Waals surface area contributed by atoms with Crippen LogP contribution in [0.15, 0.2) is 65.2 Å². The van der Waals surface area contributed by atoms with E-state index < -0.39 is 0 Å². The first-order valence-electron chi connectivity index (χ1n) is 10.8. The van der Waals surface area contributed by atoms with Crippen molar-refractivity contribution in [2.45, 2.75) is 20.0 Å². The first-order chi connectivity index (χ1) is 15.6. The van der Waals surface area contributed by atoms with E-state index in [1.54, 1.807) is 6.92 Å². The average molecular weight is 434 g/mol. The molecule has 7 nitrogen and oxygen atoms in total.